The van der Waals surface area contributed by atoms with Crippen LogP contribution in [0.3, 0.4) is 0 Å². The molecule has 0 aromatic heterocycles. The number of para-hydroxylation sites is 1. The van der Waals surface area contributed by atoms with E-state index in [0.29, 0.717) is 5.69 Å². The first kappa shape index (κ1) is 15.8. The lowest BCUT2D eigenvalue weighted by atomic mass is 10.3. The zero-order valence-electron chi connectivity index (χ0n) is 11.4. The summed E-state index contributed by atoms with van der Waals surface area (Å²) in [6.07, 6.45) is -1.26. The first-order valence-corrected chi connectivity index (χ1v) is 7.15. The lowest BCUT2D eigenvalue weighted by Crippen LogP contribution is -2.31. The molecule has 0 unspecified atom stereocenters. The maximum absolute atomic E-state index is 12.9. The SMILES string of the molecule is O=C(O)NCC(=O)Nc1ccccc1Sc1ccc(F)cc1. The van der Waals surface area contributed by atoms with Gasteiger partial charge in [-0.25, -0.2) is 9.18 Å². The van der Waals surface area contributed by atoms with E-state index in [4.69, 9.17) is 5.11 Å². The second-order valence-corrected chi connectivity index (χ2v) is 5.37. The molecule has 0 saturated heterocycles. The molecule has 22 heavy (non-hydrogen) atoms. The van der Waals surface area contributed by atoms with Gasteiger partial charge in [0.2, 0.25) is 5.91 Å². The van der Waals surface area contributed by atoms with E-state index in [1.807, 2.05) is 17.4 Å². The molecule has 0 atom stereocenters. The molecule has 2 aromatic carbocycles. The van der Waals surface area contributed by atoms with E-state index in [0.717, 1.165) is 9.79 Å². The van der Waals surface area contributed by atoms with E-state index in [2.05, 4.69) is 5.32 Å². The van der Waals surface area contributed by atoms with Crippen molar-refractivity contribution in [2.45, 2.75) is 9.79 Å². The van der Waals surface area contributed by atoms with Gasteiger partial charge in [-0.1, -0.05) is 23.9 Å². The van der Waals surface area contributed by atoms with Gasteiger partial charge >= 0.3 is 6.09 Å². The summed E-state index contributed by atoms with van der Waals surface area (Å²) in [4.78, 5) is 23.6. The standard InChI is InChI=1S/C15H13FN2O3S/c16-10-5-7-11(8-6-10)22-13-4-2-1-3-12(13)18-14(19)9-17-15(20)21/h1-8,17H,9H2,(H,18,19)(H,20,21). The van der Waals surface area contributed by atoms with Crippen LogP contribution in [0.15, 0.2) is 58.3 Å². The summed E-state index contributed by atoms with van der Waals surface area (Å²) in [5, 5.41) is 13.1. The summed E-state index contributed by atoms with van der Waals surface area (Å²) in [6.45, 7) is -0.328. The number of nitrogens with one attached hydrogen (secondary N) is 2. The van der Waals surface area contributed by atoms with Gasteiger partial charge in [0.05, 0.1) is 5.69 Å². The van der Waals surface area contributed by atoms with E-state index in [1.165, 1.54) is 23.9 Å². The molecule has 0 saturated carbocycles. The monoisotopic (exact) mass is 320 g/mol. The number of carbonyl (C=O) groups is 2. The van der Waals surface area contributed by atoms with Crippen LogP contribution in [0.4, 0.5) is 14.9 Å². The average molecular weight is 320 g/mol. The van der Waals surface area contributed by atoms with Gasteiger partial charge in [-0.3, -0.25) is 4.79 Å². The summed E-state index contributed by atoms with van der Waals surface area (Å²) in [5.41, 5.74) is 0.564. The molecule has 0 bridgehead atoms. The van der Waals surface area contributed by atoms with Gasteiger partial charge < -0.3 is 15.7 Å². The number of halogens is 1. The Morgan fingerprint density at radius 3 is 2.45 bits per heavy atom. The molecule has 0 radical (unpaired) electrons. The molecule has 5 nitrogen and oxygen atoms in total. The maximum atomic E-state index is 12.9. The van der Waals surface area contributed by atoms with Gasteiger partial charge in [0.25, 0.3) is 0 Å². The first-order valence-electron chi connectivity index (χ1n) is 6.33. The third kappa shape index (κ3) is 4.78. The van der Waals surface area contributed by atoms with Gasteiger partial charge in [0.15, 0.2) is 0 Å². The van der Waals surface area contributed by atoms with Crippen molar-refractivity contribution in [2.24, 2.45) is 0 Å². The second-order valence-electron chi connectivity index (χ2n) is 4.26. The predicted octanol–water partition coefficient (Wildman–Crippen LogP) is 3.18. The van der Waals surface area contributed by atoms with Gasteiger partial charge in [-0.05, 0) is 36.4 Å². The lowest BCUT2D eigenvalue weighted by Gasteiger charge is -2.10. The second kappa shape index (κ2) is 7.46. The fraction of sp³-hybridized carbons (Fsp3) is 0.0667. The largest absolute Gasteiger partial charge is 0.465 e. The molecule has 0 aliphatic rings. The van der Waals surface area contributed by atoms with Crippen molar-refractivity contribution in [3.63, 3.8) is 0 Å². The summed E-state index contributed by atoms with van der Waals surface area (Å²) in [5.74, 6) is -0.778. The van der Waals surface area contributed by atoms with Crippen LogP contribution in [0.1, 0.15) is 0 Å². The Morgan fingerprint density at radius 1 is 1.09 bits per heavy atom. The molecule has 0 aliphatic carbocycles. The Labute approximate surface area is 130 Å². The molecule has 2 aromatic rings. The number of hydrogen-bond acceptors (Lipinski definition) is 3. The molecule has 2 amide bonds. The van der Waals surface area contributed by atoms with E-state index in [9.17, 15) is 14.0 Å². The molecule has 0 heterocycles. The normalized spacial score (nSPS) is 10.0. The van der Waals surface area contributed by atoms with Crippen molar-refractivity contribution >= 4 is 29.4 Å². The smallest absolute Gasteiger partial charge is 0.405 e. The average Bonchev–Trinajstić information content (AvgIpc) is 2.49. The molecule has 114 valence electrons. The summed E-state index contributed by atoms with van der Waals surface area (Å²) >= 11 is 1.37. The molecule has 0 aliphatic heterocycles. The molecule has 0 spiro atoms. The Hall–Kier alpha value is -2.54. The van der Waals surface area contributed by atoms with Crippen molar-refractivity contribution in [1.82, 2.24) is 5.32 Å². The quantitative estimate of drug-likeness (QED) is 0.790. The fourth-order valence-electron chi connectivity index (χ4n) is 1.64. The van der Waals surface area contributed by atoms with Gasteiger partial charge in [0.1, 0.15) is 12.4 Å². The topological polar surface area (TPSA) is 78.4 Å². The minimum Gasteiger partial charge on any atom is -0.465 e. The van der Waals surface area contributed by atoms with Crippen LogP contribution in [0, 0.1) is 5.82 Å². The zero-order valence-corrected chi connectivity index (χ0v) is 12.2. The van der Waals surface area contributed by atoms with E-state index in [1.54, 1.807) is 24.3 Å². The summed E-state index contributed by atoms with van der Waals surface area (Å²) in [6, 6.07) is 13.1. The van der Waals surface area contributed by atoms with Crippen LogP contribution in [0.5, 0.6) is 0 Å². The molecule has 0 fully saturated rings. The Morgan fingerprint density at radius 2 is 1.77 bits per heavy atom. The Kier molecular flexibility index (Phi) is 5.37. The molecular weight excluding hydrogens is 307 g/mol. The van der Waals surface area contributed by atoms with Crippen LogP contribution in [-0.2, 0) is 4.79 Å². The molecule has 2 rings (SSSR count). The summed E-state index contributed by atoms with van der Waals surface area (Å²) < 4.78 is 12.9. The van der Waals surface area contributed by atoms with Crippen molar-refractivity contribution < 1.29 is 19.1 Å². The first-order chi connectivity index (χ1) is 10.5. The molecule has 3 N–H and O–H groups in total. The highest BCUT2D eigenvalue weighted by molar-refractivity contribution is 7.99. The number of anilines is 1. The highest BCUT2D eigenvalue weighted by Crippen LogP contribution is 2.33. The van der Waals surface area contributed by atoms with Gasteiger partial charge in [-0.15, -0.1) is 0 Å². The van der Waals surface area contributed by atoms with Crippen molar-refractivity contribution in [1.29, 1.82) is 0 Å². The fourth-order valence-corrected chi connectivity index (χ4v) is 2.54. The number of rotatable bonds is 5. The van der Waals surface area contributed by atoms with Crippen LogP contribution >= 0.6 is 11.8 Å². The van der Waals surface area contributed by atoms with Gasteiger partial charge in [-0.2, -0.15) is 0 Å². The minimum atomic E-state index is -1.26. The van der Waals surface area contributed by atoms with Crippen LogP contribution in [0.2, 0.25) is 0 Å². The molecular formula is C15H13FN2O3S. The minimum absolute atomic E-state index is 0.314. The van der Waals surface area contributed by atoms with Crippen LogP contribution in [0.25, 0.3) is 0 Å². The third-order valence-electron chi connectivity index (χ3n) is 2.60. The summed E-state index contributed by atoms with van der Waals surface area (Å²) in [7, 11) is 0. The van der Waals surface area contributed by atoms with Crippen molar-refractivity contribution in [2.75, 3.05) is 11.9 Å². The Bertz CT molecular complexity index is 677. The van der Waals surface area contributed by atoms with E-state index in [-0.39, 0.29) is 12.4 Å². The number of carboxylic acid groups (broad SMARTS) is 1. The third-order valence-corrected chi connectivity index (χ3v) is 3.69. The zero-order chi connectivity index (χ0) is 15.9. The number of amides is 2. The Balaban J connectivity index is 2.07. The van der Waals surface area contributed by atoms with Crippen LogP contribution in [-0.4, -0.2) is 23.7 Å². The maximum Gasteiger partial charge on any atom is 0.405 e. The van der Waals surface area contributed by atoms with Crippen molar-refractivity contribution in [3.8, 4) is 0 Å². The highest BCUT2D eigenvalue weighted by atomic mass is 32.2. The number of hydrogen-bond donors (Lipinski definition) is 3. The lowest BCUT2D eigenvalue weighted by molar-refractivity contribution is -0.115. The van der Waals surface area contributed by atoms with E-state index >= 15 is 0 Å². The number of benzene rings is 2. The van der Waals surface area contributed by atoms with Crippen molar-refractivity contribution in [3.05, 3.63) is 54.3 Å². The van der Waals surface area contributed by atoms with Crippen LogP contribution < -0.4 is 10.6 Å². The van der Waals surface area contributed by atoms with E-state index < -0.39 is 12.0 Å². The number of carbonyl (C=O) groups excluding carboxylic acids is 1. The predicted molar refractivity (Wildman–Crippen MR) is 81.6 cm³/mol. The highest BCUT2D eigenvalue weighted by Gasteiger charge is 2.09. The van der Waals surface area contributed by atoms with Gasteiger partial charge in [0, 0.05) is 9.79 Å². The molecule has 7 heteroatoms.